The maximum atomic E-state index is 12.7. The number of rotatable bonds is 4. The summed E-state index contributed by atoms with van der Waals surface area (Å²) in [5.41, 5.74) is 0.452. The van der Waals surface area contributed by atoms with E-state index in [2.05, 4.69) is 5.32 Å². The predicted octanol–water partition coefficient (Wildman–Crippen LogP) is 3.13. The number of phenols is 1. The fraction of sp³-hybridized carbons (Fsp3) is 0.353. The molecule has 1 saturated heterocycles. The zero-order chi connectivity index (χ0) is 18.0. The molecule has 2 aromatic rings. The summed E-state index contributed by atoms with van der Waals surface area (Å²) in [6.45, 7) is 3.08. The van der Waals surface area contributed by atoms with Crippen LogP contribution in [0.15, 0.2) is 40.6 Å². The Morgan fingerprint density at radius 3 is 2.88 bits per heavy atom. The average Bonchev–Trinajstić information content (AvgIpc) is 3.06. The molecule has 0 radical (unpaired) electrons. The first kappa shape index (κ1) is 17.9. The number of benzene rings is 1. The van der Waals surface area contributed by atoms with E-state index < -0.39 is 15.9 Å². The monoisotopic (exact) mass is 380 g/mol. The average molecular weight is 380 g/mol. The molecule has 1 aliphatic rings. The van der Waals surface area contributed by atoms with Gasteiger partial charge in [0.25, 0.3) is 5.91 Å². The van der Waals surface area contributed by atoms with Crippen molar-refractivity contribution in [1.29, 1.82) is 0 Å². The number of amides is 1. The third kappa shape index (κ3) is 4.02. The number of carbonyl (C=O) groups excluding carboxylic acids is 1. The molecule has 25 heavy (non-hydrogen) atoms. The van der Waals surface area contributed by atoms with Crippen LogP contribution in [0.3, 0.4) is 0 Å². The smallest absolute Gasteiger partial charge is 0.265 e. The van der Waals surface area contributed by atoms with Crippen LogP contribution in [-0.4, -0.2) is 36.8 Å². The van der Waals surface area contributed by atoms with Crippen molar-refractivity contribution >= 4 is 33.0 Å². The number of hydrogen-bond acceptors (Lipinski definition) is 5. The molecule has 6 nitrogen and oxygen atoms in total. The molecule has 134 valence electrons. The fourth-order valence-electron chi connectivity index (χ4n) is 2.86. The lowest BCUT2D eigenvalue weighted by Crippen LogP contribution is -2.38. The summed E-state index contributed by atoms with van der Waals surface area (Å²) >= 11 is 1.09. The standard InChI is InChI=1S/C17H20N2O4S2/c1-12-4-3-7-19(10-12)25(22,23)15-9-16(24-11-15)17(21)18-13-5-2-6-14(20)8-13/h2,5-6,8-9,11-12,20H,3-4,7,10H2,1H3,(H,18,21)/t12-/m0/s1. The first-order chi connectivity index (χ1) is 11.9. The number of nitrogens with zero attached hydrogens (tertiary/aromatic N) is 1. The third-order valence-electron chi connectivity index (χ3n) is 4.16. The molecule has 3 rings (SSSR count). The van der Waals surface area contributed by atoms with Crippen molar-refractivity contribution in [1.82, 2.24) is 4.31 Å². The van der Waals surface area contributed by atoms with Gasteiger partial charge >= 0.3 is 0 Å². The molecule has 2 N–H and O–H groups in total. The van der Waals surface area contributed by atoms with Gasteiger partial charge in [-0.15, -0.1) is 11.3 Å². The van der Waals surface area contributed by atoms with Gasteiger partial charge in [0.15, 0.2) is 0 Å². The van der Waals surface area contributed by atoms with Gasteiger partial charge in [0.1, 0.15) is 5.75 Å². The van der Waals surface area contributed by atoms with E-state index in [1.54, 1.807) is 12.1 Å². The molecule has 1 amide bonds. The van der Waals surface area contributed by atoms with Crippen LogP contribution in [0.25, 0.3) is 0 Å². The number of sulfonamides is 1. The van der Waals surface area contributed by atoms with Crippen molar-refractivity contribution in [2.75, 3.05) is 18.4 Å². The topological polar surface area (TPSA) is 86.7 Å². The van der Waals surface area contributed by atoms with Crippen molar-refractivity contribution in [2.24, 2.45) is 5.92 Å². The van der Waals surface area contributed by atoms with Crippen LogP contribution in [0.5, 0.6) is 5.75 Å². The number of carbonyl (C=O) groups is 1. The second-order valence-electron chi connectivity index (χ2n) is 6.26. The first-order valence-corrected chi connectivity index (χ1v) is 10.4. The Hall–Kier alpha value is -1.90. The van der Waals surface area contributed by atoms with Crippen molar-refractivity contribution in [3.63, 3.8) is 0 Å². The van der Waals surface area contributed by atoms with Crippen LogP contribution in [0.2, 0.25) is 0 Å². The van der Waals surface area contributed by atoms with Gasteiger partial charge in [-0.3, -0.25) is 4.79 Å². The first-order valence-electron chi connectivity index (χ1n) is 8.05. The van der Waals surface area contributed by atoms with Crippen LogP contribution < -0.4 is 5.32 Å². The maximum Gasteiger partial charge on any atom is 0.265 e. The summed E-state index contributed by atoms with van der Waals surface area (Å²) in [4.78, 5) is 12.8. The van der Waals surface area contributed by atoms with Gasteiger partial charge in [-0.1, -0.05) is 13.0 Å². The molecular formula is C17H20N2O4S2. The van der Waals surface area contributed by atoms with E-state index in [4.69, 9.17) is 0 Å². The molecule has 0 unspecified atom stereocenters. The van der Waals surface area contributed by atoms with Crippen molar-refractivity contribution in [3.05, 3.63) is 40.6 Å². The third-order valence-corrected chi connectivity index (χ3v) is 7.08. The van der Waals surface area contributed by atoms with Gasteiger partial charge in [-0.2, -0.15) is 4.31 Å². The molecule has 0 bridgehead atoms. The molecule has 0 aliphatic carbocycles. The minimum absolute atomic E-state index is 0.0477. The Bertz CT molecular complexity index is 876. The molecule has 1 aromatic heterocycles. The summed E-state index contributed by atoms with van der Waals surface area (Å²) in [6.07, 6.45) is 1.89. The van der Waals surface area contributed by atoms with E-state index in [9.17, 15) is 18.3 Å². The molecular weight excluding hydrogens is 360 g/mol. The van der Waals surface area contributed by atoms with E-state index >= 15 is 0 Å². The van der Waals surface area contributed by atoms with E-state index in [0.29, 0.717) is 29.6 Å². The predicted molar refractivity (Wildman–Crippen MR) is 97.5 cm³/mol. The highest BCUT2D eigenvalue weighted by atomic mass is 32.2. The minimum Gasteiger partial charge on any atom is -0.508 e. The number of hydrogen-bond donors (Lipinski definition) is 2. The van der Waals surface area contributed by atoms with Crippen LogP contribution in [0, 0.1) is 5.92 Å². The summed E-state index contributed by atoms with van der Waals surface area (Å²) in [5, 5.41) is 13.6. The number of phenolic OH excluding ortho intramolecular Hbond substituents is 1. The van der Waals surface area contributed by atoms with E-state index in [1.807, 2.05) is 6.92 Å². The Balaban J connectivity index is 1.76. The number of aromatic hydroxyl groups is 1. The maximum absolute atomic E-state index is 12.7. The molecule has 1 aliphatic heterocycles. The largest absolute Gasteiger partial charge is 0.508 e. The Kier molecular flexibility index (Phi) is 5.12. The Morgan fingerprint density at radius 1 is 1.36 bits per heavy atom. The molecule has 8 heteroatoms. The molecule has 1 fully saturated rings. The minimum atomic E-state index is -3.56. The molecule has 1 atom stereocenters. The normalized spacial score (nSPS) is 18.8. The van der Waals surface area contributed by atoms with Crippen molar-refractivity contribution < 1.29 is 18.3 Å². The SMILES string of the molecule is C[C@H]1CCCN(S(=O)(=O)c2csc(C(=O)Nc3cccc(O)c3)c2)C1. The fourth-order valence-corrected chi connectivity index (χ4v) is 5.62. The lowest BCUT2D eigenvalue weighted by Gasteiger charge is -2.29. The zero-order valence-electron chi connectivity index (χ0n) is 13.8. The van der Waals surface area contributed by atoms with Gasteiger partial charge in [0, 0.05) is 30.2 Å². The van der Waals surface area contributed by atoms with Gasteiger partial charge in [-0.05, 0) is 37.0 Å². The summed E-state index contributed by atoms with van der Waals surface area (Å²) < 4.78 is 27.0. The lowest BCUT2D eigenvalue weighted by atomic mass is 10.0. The highest BCUT2D eigenvalue weighted by molar-refractivity contribution is 7.89. The number of anilines is 1. The van der Waals surface area contributed by atoms with E-state index in [-0.39, 0.29) is 10.6 Å². The molecule has 1 aromatic carbocycles. The Labute approximate surface area is 151 Å². The van der Waals surface area contributed by atoms with Crippen LogP contribution >= 0.6 is 11.3 Å². The van der Waals surface area contributed by atoms with Crippen LogP contribution in [0.4, 0.5) is 5.69 Å². The second-order valence-corrected chi connectivity index (χ2v) is 9.11. The van der Waals surface area contributed by atoms with Gasteiger partial charge < -0.3 is 10.4 Å². The molecule has 0 saturated carbocycles. The summed E-state index contributed by atoms with van der Waals surface area (Å²) in [5.74, 6) is -0.00813. The van der Waals surface area contributed by atoms with Gasteiger partial charge in [0.05, 0.1) is 9.77 Å². The van der Waals surface area contributed by atoms with Gasteiger partial charge in [-0.25, -0.2) is 8.42 Å². The molecule has 0 spiro atoms. The zero-order valence-corrected chi connectivity index (χ0v) is 15.4. The lowest BCUT2D eigenvalue weighted by molar-refractivity contribution is 0.103. The van der Waals surface area contributed by atoms with E-state index in [1.165, 1.54) is 27.9 Å². The Morgan fingerprint density at radius 2 is 2.16 bits per heavy atom. The van der Waals surface area contributed by atoms with Crippen molar-refractivity contribution in [2.45, 2.75) is 24.7 Å². The van der Waals surface area contributed by atoms with Crippen molar-refractivity contribution in [3.8, 4) is 5.75 Å². The van der Waals surface area contributed by atoms with Crippen LogP contribution in [-0.2, 0) is 10.0 Å². The highest BCUT2D eigenvalue weighted by Gasteiger charge is 2.30. The molecule has 2 heterocycles. The highest BCUT2D eigenvalue weighted by Crippen LogP contribution is 2.27. The summed E-state index contributed by atoms with van der Waals surface area (Å²) in [6, 6.07) is 7.62. The second kappa shape index (κ2) is 7.15. The summed E-state index contributed by atoms with van der Waals surface area (Å²) in [7, 11) is -3.56. The number of piperidine rings is 1. The number of nitrogens with one attached hydrogen (secondary N) is 1. The van der Waals surface area contributed by atoms with Crippen LogP contribution in [0.1, 0.15) is 29.4 Å². The van der Waals surface area contributed by atoms with E-state index in [0.717, 1.165) is 24.2 Å². The number of thiophene rings is 1. The van der Waals surface area contributed by atoms with Gasteiger partial charge in [0.2, 0.25) is 10.0 Å². The quantitative estimate of drug-likeness (QED) is 0.853.